The normalized spacial score (nSPS) is 15.6. The highest BCUT2D eigenvalue weighted by Gasteiger charge is 2.18. The monoisotopic (exact) mass is 327 g/mol. The number of rotatable bonds is 6. The Kier molecular flexibility index (Phi) is 5.76. The van der Waals surface area contributed by atoms with Gasteiger partial charge in [-0.3, -0.25) is 4.79 Å². The zero-order chi connectivity index (χ0) is 16.0. The third kappa shape index (κ3) is 4.43. The van der Waals surface area contributed by atoms with Crippen LogP contribution in [0.1, 0.15) is 10.4 Å². The molecule has 0 saturated carbocycles. The average molecular weight is 327 g/mol. The second-order valence-corrected chi connectivity index (χ2v) is 6.94. The lowest BCUT2D eigenvalue weighted by molar-refractivity contribution is 0.0954. The molecule has 0 aliphatic carbocycles. The maximum atomic E-state index is 12.3. The van der Waals surface area contributed by atoms with E-state index in [-0.39, 0.29) is 18.2 Å². The van der Waals surface area contributed by atoms with Crippen LogP contribution in [0, 0.1) is 0 Å². The van der Waals surface area contributed by atoms with Crippen molar-refractivity contribution in [3.8, 4) is 0 Å². The van der Waals surface area contributed by atoms with Crippen molar-refractivity contribution in [3.63, 3.8) is 0 Å². The first-order valence-corrected chi connectivity index (χ1v) is 8.80. The van der Waals surface area contributed by atoms with E-state index in [1.165, 1.54) is 7.05 Å². The van der Waals surface area contributed by atoms with Crippen LogP contribution in [-0.2, 0) is 14.8 Å². The molecule has 7 nitrogen and oxygen atoms in total. The first kappa shape index (κ1) is 16.7. The quantitative estimate of drug-likeness (QED) is 0.756. The lowest BCUT2D eigenvalue weighted by atomic mass is 10.1. The summed E-state index contributed by atoms with van der Waals surface area (Å²) in [6, 6.07) is 7.31. The van der Waals surface area contributed by atoms with Crippen LogP contribution in [0.25, 0.3) is 0 Å². The Morgan fingerprint density at radius 2 is 1.95 bits per heavy atom. The highest BCUT2D eigenvalue weighted by molar-refractivity contribution is 7.89. The summed E-state index contributed by atoms with van der Waals surface area (Å²) < 4.78 is 30.2. The molecule has 1 saturated heterocycles. The van der Waals surface area contributed by atoms with Gasteiger partial charge in [0.15, 0.2) is 0 Å². The van der Waals surface area contributed by atoms with Gasteiger partial charge < -0.3 is 15.0 Å². The van der Waals surface area contributed by atoms with Crippen LogP contribution in [0.15, 0.2) is 24.3 Å². The van der Waals surface area contributed by atoms with Crippen molar-refractivity contribution in [2.75, 3.05) is 50.5 Å². The molecule has 1 aliphatic heterocycles. The number of amides is 1. The van der Waals surface area contributed by atoms with Gasteiger partial charge in [0, 0.05) is 25.3 Å². The van der Waals surface area contributed by atoms with Crippen LogP contribution in [0.4, 0.5) is 5.69 Å². The number of benzene rings is 1. The molecule has 1 aromatic rings. The summed E-state index contributed by atoms with van der Waals surface area (Å²) in [4.78, 5) is 14.4. The van der Waals surface area contributed by atoms with Crippen LogP contribution in [0.5, 0.6) is 0 Å². The lowest BCUT2D eigenvalue weighted by Crippen LogP contribution is -2.38. The number of carbonyl (C=O) groups is 1. The van der Waals surface area contributed by atoms with Gasteiger partial charge in [-0.2, -0.15) is 0 Å². The number of anilines is 1. The molecule has 2 rings (SSSR count). The summed E-state index contributed by atoms with van der Waals surface area (Å²) >= 11 is 0. The first-order valence-electron chi connectivity index (χ1n) is 7.14. The molecule has 122 valence electrons. The number of morpholine rings is 1. The maximum Gasteiger partial charge on any atom is 0.253 e. The SMILES string of the molecule is CNS(=O)(=O)CCNC(=O)c1ccccc1N1CCOCC1. The fourth-order valence-corrected chi connectivity index (χ4v) is 2.82. The van der Waals surface area contributed by atoms with Gasteiger partial charge >= 0.3 is 0 Å². The third-order valence-corrected chi connectivity index (χ3v) is 4.83. The second-order valence-electron chi connectivity index (χ2n) is 4.90. The fourth-order valence-electron chi connectivity index (χ4n) is 2.24. The van der Waals surface area contributed by atoms with E-state index in [0.717, 1.165) is 18.8 Å². The number of hydrogen-bond acceptors (Lipinski definition) is 5. The van der Waals surface area contributed by atoms with Gasteiger partial charge in [0.25, 0.3) is 5.91 Å². The third-order valence-electron chi connectivity index (χ3n) is 3.47. The van der Waals surface area contributed by atoms with Crippen molar-refractivity contribution >= 4 is 21.6 Å². The van der Waals surface area contributed by atoms with Gasteiger partial charge in [-0.1, -0.05) is 12.1 Å². The Labute approximate surface area is 130 Å². The minimum atomic E-state index is -3.32. The molecule has 1 aromatic carbocycles. The number of nitrogens with one attached hydrogen (secondary N) is 2. The van der Waals surface area contributed by atoms with Crippen LogP contribution in [-0.4, -0.2) is 60.0 Å². The summed E-state index contributed by atoms with van der Waals surface area (Å²) in [5.74, 6) is -0.414. The number of para-hydroxylation sites is 1. The number of nitrogens with zero attached hydrogens (tertiary/aromatic N) is 1. The number of ether oxygens (including phenoxy) is 1. The van der Waals surface area contributed by atoms with E-state index < -0.39 is 10.0 Å². The van der Waals surface area contributed by atoms with Gasteiger partial charge in [0.05, 0.1) is 24.5 Å². The first-order chi connectivity index (χ1) is 10.5. The Bertz CT molecular complexity index is 612. The van der Waals surface area contributed by atoms with Crippen molar-refractivity contribution in [1.29, 1.82) is 0 Å². The topological polar surface area (TPSA) is 87.7 Å². The van der Waals surface area contributed by atoms with Crippen molar-refractivity contribution in [1.82, 2.24) is 10.0 Å². The van der Waals surface area contributed by atoms with Crippen LogP contribution in [0.2, 0.25) is 0 Å². The molecular formula is C14H21N3O4S. The summed E-state index contributed by atoms with van der Waals surface area (Å²) in [6.45, 7) is 2.81. The maximum absolute atomic E-state index is 12.3. The minimum absolute atomic E-state index is 0.0689. The Balaban J connectivity index is 2.03. The largest absolute Gasteiger partial charge is 0.378 e. The Morgan fingerprint density at radius 1 is 1.27 bits per heavy atom. The molecule has 22 heavy (non-hydrogen) atoms. The molecule has 0 spiro atoms. The summed E-state index contributed by atoms with van der Waals surface area (Å²) in [5.41, 5.74) is 1.39. The van der Waals surface area contributed by atoms with E-state index >= 15 is 0 Å². The smallest absolute Gasteiger partial charge is 0.253 e. The predicted molar refractivity (Wildman–Crippen MR) is 84.7 cm³/mol. The number of carbonyl (C=O) groups excluding carboxylic acids is 1. The zero-order valence-electron chi connectivity index (χ0n) is 12.5. The summed E-state index contributed by atoms with van der Waals surface area (Å²) in [5, 5.41) is 2.65. The van der Waals surface area contributed by atoms with Gasteiger partial charge in [0.2, 0.25) is 10.0 Å². The number of sulfonamides is 1. The highest BCUT2D eigenvalue weighted by Crippen LogP contribution is 2.21. The Morgan fingerprint density at radius 3 is 2.64 bits per heavy atom. The van der Waals surface area contributed by atoms with Gasteiger partial charge in [-0.15, -0.1) is 0 Å². The molecule has 1 amide bonds. The molecule has 1 heterocycles. The fraction of sp³-hybridized carbons (Fsp3) is 0.500. The van der Waals surface area contributed by atoms with Crippen molar-refractivity contribution in [2.24, 2.45) is 0 Å². The molecular weight excluding hydrogens is 306 g/mol. The molecule has 0 bridgehead atoms. The van der Waals surface area contributed by atoms with Crippen LogP contribution >= 0.6 is 0 Å². The minimum Gasteiger partial charge on any atom is -0.378 e. The molecule has 2 N–H and O–H groups in total. The van der Waals surface area contributed by atoms with E-state index in [0.29, 0.717) is 18.8 Å². The highest BCUT2D eigenvalue weighted by atomic mass is 32.2. The van der Waals surface area contributed by atoms with E-state index in [9.17, 15) is 13.2 Å². The van der Waals surface area contributed by atoms with Gasteiger partial charge in [-0.25, -0.2) is 13.1 Å². The van der Waals surface area contributed by atoms with Crippen molar-refractivity contribution < 1.29 is 17.9 Å². The predicted octanol–water partition coefficient (Wildman–Crippen LogP) is -0.198. The average Bonchev–Trinajstić information content (AvgIpc) is 2.55. The lowest BCUT2D eigenvalue weighted by Gasteiger charge is -2.30. The summed E-state index contributed by atoms with van der Waals surface area (Å²) in [6.07, 6.45) is 0. The molecule has 0 unspecified atom stereocenters. The van der Waals surface area contributed by atoms with E-state index in [1.54, 1.807) is 12.1 Å². The molecule has 8 heteroatoms. The van der Waals surface area contributed by atoms with Crippen molar-refractivity contribution in [3.05, 3.63) is 29.8 Å². The second kappa shape index (κ2) is 7.57. The van der Waals surface area contributed by atoms with Gasteiger partial charge in [0.1, 0.15) is 0 Å². The Hall–Kier alpha value is -1.64. The standard InChI is InChI=1S/C14H21N3O4S/c1-15-22(19,20)11-6-16-14(18)12-4-2-3-5-13(12)17-7-9-21-10-8-17/h2-5,15H,6-11H2,1H3,(H,16,18). The van der Waals surface area contributed by atoms with E-state index in [2.05, 4.69) is 14.9 Å². The molecule has 1 fully saturated rings. The van der Waals surface area contributed by atoms with E-state index in [1.807, 2.05) is 12.1 Å². The molecule has 0 radical (unpaired) electrons. The van der Waals surface area contributed by atoms with Crippen LogP contribution in [0.3, 0.4) is 0 Å². The van der Waals surface area contributed by atoms with Crippen molar-refractivity contribution in [2.45, 2.75) is 0 Å². The number of hydrogen-bond donors (Lipinski definition) is 2. The van der Waals surface area contributed by atoms with Gasteiger partial charge in [-0.05, 0) is 19.2 Å². The molecule has 1 aliphatic rings. The molecule has 0 aromatic heterocycles. The van der Waals surface area contributed by atoms with Crippen LogP contribution < -0.4 is 14.9 Å². The van der Waals surface area contributed by atoms with E-state index in [4.69, 9.17) is 4.74 Å². The summed E-state index contributed by atoms with van der Waals surface area (Å²) in [7, 11) is -1.97. The molecule has 0 atom stereocenters. The zero-order valence-corrected chi connectivity index (χ0v) is 13.4.